The third kappa shape index (κ3) is 14.4. The Balaban J connectivity index is 1.03. The van der Waals surface area contributed by atoms with Gasteiger partial charge in [0.25, 0.3) is 23.6 Å². The van der Waals surface area contributed by atoms with E-state index in [2.05, 4.69) is 83.1 Å². The molecule has 2 aliphatic rings. The van der Waals surface area contributed by atoms with E-state index < -0.39 is 23.6 Å². The first-order chi connectivity index (χ1) is 56.3. The predicted molar refractivity (Wildman–Crippen MR) is 469 cm³/mol. The first-order valence-electron chi connectivity index (χ1n) is 39.8. The normalized spacial score (nSPS) is 13.1. The van der Waals surface area contributed by atoms with Crippen LogP contribution in [0.3, 0.4) is 0 Å². The number of amides is 4. The monoisotopic (exact) mass is 1560 g/mol. The largest absolute Gasteiger partial charge is 0.457 e. The van der Waals surface area contributed by atoms with E-state index in [0.29, 0.717) is 78.3 Å². The second-order valence-electron chi connectivity index (χ2n) is 35.0. The highest BCUT2D eigenvalue weighted by atomic mass is 16.5. The minimum absolute atomic E-state index is 0.0191. The molecule has 0 aromatic heterocycles. The van der Waals surface area contributed by atoms with E-state index in [4.69, 9.17) is 37.9 Å². The van der Waals surface area contributed by atoms with E-state index in [1.807, 2.05) is 222 Å². The predicted octanol–water partition coefficient (Wildman–Crippen LogP) is 28.1. The molecule has 0 bridgehead atoms. The van der Waals surface area contributed by atoms with Crippen molar-refractivity contribution in [3.05, 3.63) is 322 Å². The molecule has 4 amide bonds. The van der Waals surface area contributed by atoms with Crippen molar-refractivity contribution in [3.63, 3.8) is 0 Å². The molecule has 588 valence electrons. The van der Waals surface area contributed by atoms with E-state index in [0.717, 1.165) is 54.3 Å². The highest BCUT2D eigenvalue weighted by Gasteiger charge is 2.45. The lowest BCUT2D eigenvalue weighted by molar-refractivity contribution is 0.0876. The van der Waals surface area contributed by atoms with Crippen molar-refractivity contribution >= 4 is 78.1 Å². The van der Waals surface area contributed by atoms with Gasteiger partial charge in [-0.1, -0.05) is 215 Å². The summed E-state index contributed by atoms with van der Waals surface area (Å²) in [6, 6.07) is 78.2. The molecular formula is C104H90N2O12. The molecule has 15 aromatic rings. The topological polar surface area (TPSA) is 149 Å². The molecule has 14 heteroatoms. The zero-order chi connectivity index (χ0) is 82.8. The molecule has 0 aliphatic carbocycles. The molecule has 0 atom stereocenters. The van der Waals surface area contributed by atoms with Crippen molar-refractivity contribution in [1.29, 1.82) is 0 Å². The Labute approximate surface area is 687 Å². The van der Waals surface area contributed by atoms with Crippen LogP contribution < -0.4 is 47.7 Å². The Morgan fingerprint density at radius 2 is 0.373 bits per heavy atom. The van der Waals surface area contributed by atoms with Gasteiger partial charge in [0.05, 0.1) is 22.3 Å². The van der Waals surface area contributed by atoms with E-state index in [1.165, 1.54) is 0 Å². The van der Waals surface area contributed by atoms with Crippen LogP contribution in [0.4, 0.5) is 11.4 Å². The second-order valence-corrected chi connectivity index (χ2v) is 35.0. The Kier molecular flexibility index (Phi) is 19.0. The molecule has 0 spiro atoms. The molecule has 0 saturated carbocycles. The van der Waals surface area contributed by atoms with E-state index in [-0.39, 0.29) is 112 Å². The van der Waals surface area contributed by atoms with Crippen molar-refractivity contribution < 1.29 is 57.1 Å². The number of fused-ring (bicyclic) bond motifs is 2. The summed E-state index contributed by atoms with van der Waals surface area (Å²) in [6.07, 6.45) is 0. The van der Waals surface area contributed by atoms with Crippen LogP contribution in [-0.4, -0.2) is 23.6 Å². The summed E-state index contributed by atoms with van der Waals surface area (Å²) in [5.74, 6) is 1.35. The molecule has 2 heterocycles. The molecule has 0 saturated heterocycles. The van der Waals surface area contributed by atoms with Gasteiger partial charge in [0.15, 0.2) is 23.0 Å². The maximum atomic E-state index is 17.1. The fourth-order valence-corrected chi connectivity index (χ4v) is 15.5. The number of benzene rings is 15. The van der Waals surface area contributed by atoms with Gasteiger partial charge >= 0.3 is 0 Å². The highest BCUT2D eigenvalue weighted by molar-refractivity contribution is 6.48. The van der Waals surface area contributed by atoms with Crippen LogP contribution in [0.2, 0.25) is 0 Å². The first kappa shape index (κ1) is 76.9. The van der Waals surface area contributed by atoms with Crippen LogP contribution >= 0.6 is 0 Å². The number of anilines is 2. The first-order valence-corrected chi connectivity index (χ1v) is 39.8. The Hall–Kier alpha value is -13.7. The third-order valence-corrected chi connectivity index (χ3v) is 22.1. The van der Waals surface area contributed by atoms with Crippen LogP contribution in [0.1, 0.15) is 169 Å². The molecule has 0 unspecified atom stereocenters. The number of hydrogen-bond donors (Lipinski definition) is 0. The lowest BCUT2D eigenvalue weighted by atomic mass is 9.80. The van der Waals surface area contributed by atoms with Crippen LogP contribution in [0.15, 0.2) is 255 Å². The van der Waals surface area contributed by atoms with Gasteiger partial charge < -0.3 is 37.9 Å². The van der Waals surface area contributed by atoms with Gasteiger partial charge in [0.2, 0.25) is 0 Å². The summed E-state index contributed by atoms with van der Waals surface area (Å²) in [5, 5.41) is 2.42. The van der Waals surface area contributed by atoms with Gasteiger partial charge in [-0.25, -0.2) is 9.80 Å². The molecule has 0 radical (unpaired) electrons. The fourth-order valence-electron chi connectivity index (χ4n) is 15.5. The number of nitrogens with zero attached hydrogens (tertiary/aromatic N) is 2. The Bertz CT molecular complexity index is 5740. The summed E-state index contributed by atoms with van der Waals surface area (Å²) in [4.78, 5) is 70.8. The fraction of sp³-hybridized carbons (Fsp3) is 0.192. The zero-order valence-electron chi connectivity index (χ0n) is 69.0. The van der Waals surface area contributed by atoms with Gasteiger partial charge in [-0.15, -0.1) is 0 Å². The van der Waals surface area contributed by atoms with E-state index >= 15 is 19.2 Å². The number of imide groups is 2. The number of para-hydroxylation sites is 2. The maximum absolute atomic E-state index is 17.1. The van der Waals surface area contributed by atoms with E-state index in [1.54, 1.807) is 60.7 Å². The van der Waals surface area contributed by atoms with Crippen molar-refractivity contribution in [3.8, 4) is 92.0 Å². The van der Waals surface area contributed by atoms with Crippen LogP contribution in [0, 0.1) is 27.7 Å². The molecule has 2 aliphatic heterocycles. The van der Waals surface area contributed by atoms with Crippen molar-refractivity contribution in [2.75, 3.05) is 9.80 Å². The minimum Gasteiger partial charge on any atom is -0.457 e. The Morgan fingerprint density at radius 1 is 0.203 bits per heavy atom. The summed E-state index contributed by atoms with van der Waals surface area (Å²) in [7, 11) is 0. The highest BCUT2D eigenvalue weighted by Crippen LogP contribution is 2.60. The summed E-state index contributed by atoms with van der Waals surface area (Å²) < 4.78 is 57.5. The number of rotatable bonds is 18. The molecule has 15 aromatic carbocycles. The second kappa shape index (κ2) is 29.2. The van der Waals surface area contributed by atoms with Crippen LogP contribution in [0.25, 0.3) is 43.1 Å². The molecule has 0 fully saturated rings. The number of hydrogen-bond acceptors (Lipinski definition) is 12. The van der Waals surface area contributed by atoms with Crippen molar-refractivity contribution in [2.24, 2.45) is 0 Å². The van der Waals surface area contributed by atoms with Gasteiger partial charge in [-0.2, -0.15) is 0 Å². The van der Waals surface area contributed by atoms with E-state index in [9.17, 15) is 0 Å². The third-order valence-electron chi connectivity index (χ3n) is 22.1. The maximum Gasteiger partial charge on any atom is 0.266 e. The average molecular weight is 1560 g/mol. The van der Waals surface area contributed by atoms with Gasteiger partial charge in [0, 0.05) is 43.1 Å². The molecule has 118 heavy (non-hydrogen) atoms. The standard InChI is InChI=1S/C104H90N2O12/c1-59-23-39-67(40-24-59)111-79-19-17-20-80(112-68-41-25-60(2)26-42-68)95(79)105-97(107)75-55-83(115-71-47-31-63(32-48-71)101(5,6)7)89-91-85(117-73-51-35-65(36-52-73)103(11,12)13)57-77-88-78(100(110)106(99(77)109)96-81(113-69-43-27-61(3)28-44-69)21-18-22-82(96)114-70-45-29-62(4)30-46-70)58-86(118-74-53-37-66(38-54-74)104(14,15)16)92(94(88)91)90-84(56-76(98(105)108)87(75)93(89)90)116-72-49-33-64(34-50-72)102(8,9)10/h17-58H,1-16H3. The van der Waals surface area contributed by atoms with Gasteiger partial charge in [0.1, 0.15) is 80.4 Å². The molecule has 0 N–H and O–H groups in total. The summed E-state index contributed by atoms with van der Waals surface area (Å²) in [6.45, 7) is 33.5. The van der Waals surface area contributed by atoms with Crippen molar-refractivity contribution in [1.82, 2.24) is 0 Å². The molecular weight excluding hydrogens is 1470 g/mol. The SMILES string of the molecule is Cc1ccc(Oc2cccc(Oc3ccc(C)cc3)c2N2C(=O)c3cc(Oc4ccc(C(C)(C)C)cc4)c4c5c(Oc6ccc(C(C)(C)C)cc6)cc6c7c(cc(Oc8ccc(C(C)(C)C)cc8)c(c8c(Oc9ccc(C(C)(C)C)cc9)cc(c3c48)C2=O)c75)C(=O)N(c2c(Oc3ccc(C)cc3)cccc2Oc2ccc(C)cc2)C6=O)cc1. The van der Waals surface area contributed by atoms with Crippen LogP contribution in [0.5, 0.6) is 92.0 Å². The smallest absolute Gasteiger partial charge is 0.266 e. The quantitative estimate of drug-likeness (QED) is 0.0457. The van der Waals surface area contributed by atoms with Gasteiger partial charge in [-0.3, -0.25) is 19.2 Å². The number of aryl methyl sites for hydroxylation is 4. The molecule has 17 rings (SSSR count). The summed E-state index contributed by atoms with van der Waals surface area (Å²) >= 11 is 0. The lowest BCUT2D eigenvalue weighted by Gasteiger charge is -2.33. The number of ether oxygens (including phenoxy) is 8. The lowest BCUT2D eigenvalue weighted by Crippen LogP contribution is -2.41. The number of carbonyl (C=O) groups is 4. The summed E-state index contributed by atoms with van der Waals surface area (Å²) in [5.41, 5.74) is 7.27. The zero-order valence-corrected chi connectivity index (χ0v) is 69.0. The van der Waals surface area contributed by atoms with Crippen molar-refractivity contribution in [2.45, 2.75) is 132 Å². The Morgan fingerprint density at radius 3 is 0.551 bits per heavy atom. The minimum atomic E-state index is -0.751. The number of carbonyl (C=O) groups excluding carboxylic acids is 4. The average Bonchev–Trinajstić information content (AvgIpc) is 0.669. The van der Waals surface area contributed by atoms with Gasteiger partial charge in [-0.05, 0) is 217 Å². The van der Waals surface area contributed by atoms with Crippen LogP contribution in [-0.2, 0) is 21.7 Å². The molecule has 14 nitrogen and oxygen atoms in total.